The summed E-state index contributed by atoms with van der Waals surface area (Å²) in [5.41, 5.74) is 4.38. The predicted octanol–water partition coefficient (Wildman–Crippen LogP) is 14.7. The number of rotatable bonds is 33. The van der Waals surface area contributed by atoms with E-state index in [9.17, 15) is 9.90 Å². The first-order valence-electron chi connectivity index (χ1n) is 23.6. The Morgan fingerprint density at radius 2 is 1.18 bits per heavy atom. The minimum atomic E-state index is -0.861. The number of fused-ring (bicyclic) bond motifs is 1. The molecule has 1 N–H and O–H groups in total. The second kappa shape index (κ2) is 28.6. The molecule has 1 aromatic rings. The number of aliphatic hydroxyl groups excluding tert-OH is 1. The summed E-state index contributed by atoms with van der Waals surface area (Å²) in [5.74, 6) is 4.09. The van der Waals surface area contributed by atoms with E-state index in [1.54, 1.807) is 0 Å². The molecular weight excluding hydrogens is 681 g/mol. The van der Waals surface area contributed by atoms with Gasteiger partial charge in [-0.25, -0.2) is 0 Å². The van der Waals surface area contributed by atoms with Crippen LogP contribution in [0.2, 0.25) is 0 Å². The molecule has 55 heavy (non-hydrogen) atoms. The lowest BCUT2D eigenvalue weighted by molar-refractivity contribution is -0.147. The van der Waals surface area contributed by atoms with E-state index in [2.05, 4.69) is 62.3 Å². The highest BCUT2D eigenvalue weighted by Crippen LogP contribution is 2.45. The summed E-state index contributed by atoms with van der Waals surface area (Å²) in [4.78, 5) is 12.3. The summed E-state index contributed by atoms with van der Waals surface area (Å²) < 4.78 is 18.5. The molecule has 0 radical (unpaired) electrons. The highest BCUT2D eigenvalue weighted by atomic mass is 16.5. The minimum absolute atomic E-state index is 0.0305. The molecular formula is C50H90O5. The predicted molar refractivity (Wildman–Crippen MR) is 235 cm³/mol. The maximum atomic E-state index is 12.3. The van der Waals surface area contributed by atoms with E-state index in [0.717, 1.165) is 78.0 Å². The highest BCUT2D eigenvalue weighted by molar-refractivity contribution is 5.69. The Kier molecular flexibility index (Phi) is 25.7. The van der Waals surface area contributed by atoms with Gasteiger partial charge in [0.05, 0.1) is 0 Å². The molecule has 0 aromatic heterocycles. The van der Waals surface area contributed by atoms with Crippen molar-refractivity contribution >= 4 is 5.97 Å². The van der Waals surface area contributed by atoms with Crippen LogP contribution in [0.1, 0.15) is 231 Å². The molecule has 0 saturated heterocycles. The molecule has 0 fully saturated rings. The van der Waals surface area contributed by atoms with Crippen molar-refractivity contribution in [3.8, 4) is 11.5 Å². The Labute approximate surface area is 341 Å². The largest absolute Gasteiger partial charge is 0.490 e. The molecule has 1 heterocycles. The number of unbranched alkanes of at least 4 members (excludes halogenated alkanes) is 14. The second-order valence-corrected chi connectivity index (χ2v) is 18.8. The van der Waals surface area contributed by atoms with Gasteiger partial charge < -0.3 is 19.3 Å². The average molecular weight is 771 g/mol. The van der Waals surface area contributed by atoms with Crippen molar-refractivity contribution in [3.05, 3.63) is 22.3 Å². The van der Waals surface area contributed by atoms with Crippen LogP contribution >= 0.6 is 0 Å². The van der Waals surface area contributed by atoms with Gasteiger partial charge in [-0.2, -0.15) is 0 Å². The van der Waals surface area contributed by atoms with Gasteiger partial charge in [0, 0.05) is 12.0 Å². The number of benzene rings is 1. The molecule has 2 rings (SSSR count). The molecule has 1 aliphatic heterocycles. The number of carbonyl (C=O) groups is 1. The Bertz CT molecular complexity index is 1160. The van der Waals surface area contributed by atoms with Crippen LogP contribution in [-0.4, -0.2) is 36.0 Å². The van der Waals surface area contributed by atoms with Gasteiger partial charge in [0.2, 0.25) is 0 Å². The lowest BCUT2D eigenvalue weighted by atomic mass is 9.83. The van der Waals surface area contributed by atoms with Gasteiger partial charge in [0.25, 0.3) is 0 Å². The van der Waals surface area contributed by atoms with Crippen LogP contribution in [0.4, 0.5) is 0 Å². The Balaban J connectivity index is 1.63. The first-order valence-corrected chi connectivity index (χ1v) is 23.6. The normalized spacial score (nSPS) is 17.1. The van der Waals surface area contributed by atoms with Crippen LogP contribution in [0, 0.1) is 38.5 Å². The molecule has 0 amide bonds. The first kappa shape index (κ1) is 49.4. The summed E-state index contributed by atoms with van der Waals surface area (Å²) in [7, 11) is 0. The van der Waals surface area contributed by atoms with Crippen molar-refractivity contribution in [2.45, 2.75) is 247 Å². The Morgan fingerprint density at radius 3 is 1.73 bits per heavy atom. The molecule has 1 aromatic carbocycles. The van der Waals surface area contributed by atoms with E-state index < -0.39 is 6.10 Å². The lowest BCUT2D eigenvalue weighted by Gasteiger charge is -2.38. The molecule has 5 nitrogen and oxygen atoms in total. The van der Waals surface area contributed by atoms with Crippen LogP contribution in [0.5, 0.6) is 11.5 Å². The fraction of sp³-hybridized carbons (Fsp3) is 0.860. The van der Waals surface area contributed by atoms with E-state index in [-0.39, 0.29) is 24.8 Å². The standard InChI is InChI=1S/C50H90O5/c1-10-11-12-13-14-15-16-17-18-19-20-21-22-23-24-33-47(52)53-37-45(51)38-54-48-42(6)43(7)49-46(44(48)8)34-36-50(9,55-49)35-27-32-41(5)31-26-30-40(4)29-25-28-39(2)3/h39-41,45,51H,10-38H2,1-9H3/t40-,41-,45?,50-/m1/s1. The number of ether oxygens (including phenoxy) is 3. The summed E-state index contributed by atoms with van der Waals surface area (Å²) in [6, 6.07) is 0. The molecule has 4 atom stereocenters. The SMILES string of the molecule is CCCCCCCCCCCCCCCCCC(=O)OCC(O)COc1c(C)c(C)c2c(c1C)CC[C@@](C)(CCC[C@H](C)CCC[C@H](C)CCCC(C)C)O2. The molecule has 5 heteroatoms. The molecule has 0 aliphatic carbocycles. The van der Waals surface area contributed by atoms with Gasteiger partial charge in [0.1, 0.15) is 36.4 Å². The van der Waals surface area contributed by atoms with Gasteiger partial charge in [-0.15, -0.1) is 0 Å². The molecule has 0 bridgehead atoms. The topological polar surface area (TPSA) is 65.0 Å². The summed E-state index contributed by atoms with van der Waals surface area (Å²) >= 11 is 0. The number of carbonyl (C=O) groups excluding carboxylic acids is 1. The fourth-order valence-corrected chi connectivity index (χ4v) is 8.61. The number of hydrogen-bond acceptors (Lipinski definition) is 5. The third kappa shape index (κ3) is 21.0. The molecule has 0 saturated carbocycles. The number of aliphatic hydroxyl groups is 1. The number of hydrogen-bond donors (Lipinski definition) is 1. The average Bonchev–Trinajstić information content (AvgIpc) is 3.14. The maximum absolute atomic E-state index is 12.3. The van der Waals surface area contributed by atoms with Gasteiger partial charge in [-0.3, -0.25) is 4.79 Å². The fourth-order valence-electron chi connectivity index (χ4n) is 8.61. The van der Waals surface area contributed by atoms with Crippen molar-refractivity contribution in [3.63, 3.8) is 0 Å². The third-order valence-corrected chi connectivity index (χ3v) is 12.7. The zero-order valence-corrected chi connectivity index (χ0v) is 37.9. The summed E-state index contributed by atoms with van der Waals surface area (Å²) in [6.45, 7) is 20.5. The van der Waals surface area contributed by atoms with Crippen LogP contribution in [0.15, 0.2) is 0 Å². The molecule has 0 spiro atoms. The highest BCUT2D eigenvalue weighted by Gasteiger charge is 2.34. The van der Waals surface area contributed by atoms with Crippen LogP contribution in [0.3, 0.4) is 0 Å². The van der Waals surface area contributed by atoms with E-state index in [4.69, 9.17) is 14.2 Å². The zero-order chi connectivity index (χ0) is 40.5. The quantitative estimate of drug-likeness (QED) is 0.0569. The van der Waals surface area contributed by atoms with Gasteiger partial charge in [-0.05, 0) is 94.2 Å². The van der Waals surface area contributed by atoms with Crippen molar-refractivity contribution in [2.24, 2.45) is 17.8 Å². The van der Waals surface area contributed by atoms with Crippen LogP contribution in [-0.2, 0) is 16.0 Å². The summed E-state index contributed by atoms with van der Waals surface area (Å²) in [5, 5.41) is 10.6. The smallest absolute Gasteiger partial charge is 0.305 e. The van der Waals surface area contributed by atoms with E-state index >= 15 is 0 Å². The molecule has 1 aliphatic rings. The zero-order valence-electron chi connectivity index (χ0n) is 37.9. The van der Waals surface area contributed by atoms with Gasteiger partial charge in [0.15, 0.2) is 0 Å². The van der Waals surface area contributed by atoms with Crippen molar-refractivity contribution in [1.29, 1.82) is 0 Å². The first-order chi connectivity index (χ1) is 26.4. The maximum Gasteiger partial charge on any atom is 0.305 e. The van der Waals surface area contributed by atoms with Crippen LogP contribution in [0.25, 0.3) is 0 Å². The second-order valence-electron chi connectivity index (χ2n) is 18.8. The monoisotopic (exact) mass is 771 g/mol. The Hall–Kier alpha value is -1.75. The van der Waals surface area contributed by atoms with E-state index in [1.807, 2.05) is 0 Å². The lowest BCUT2D eigenvalue weighted by Crippen LogP contribution is -2.37. The van der Waals surface area contributed by atoms with Gasteiger partial charge >= 0.3 is 5.97 Å². The number of esters is 1. The third-order valence-electron chi connectivity index (χ3n) is 12.7. The molecule has 320 valence electrons. The van der Waals surface area contributed by atoms with Crippen LogP contribution < -0.4 is 9.47 Å². The minimum Gasteiger partial charge on any atom is -0.490 e. The van der Waals surface area contributed by atoms with Crippen molar-refractivity contribution in [1.82, 2.24) is 0 Å². The van der Waals surface area contributed by atoms with E-state index in [1.165, 1.54) is 140 Å². The van der Waals surface area contributed by atoms with E-state index in [0.29, 0.717) is 6.42 Å². The van der Waals surface area contributed by atoms with Crippen molar-refractivity contribution in [2.75, 3.05) is 13.2 Å². The van der Waals surface area contributed by atoms with Gasteiger partial charge in [-0.1, -0.05) is 169 Å². The summed E-state index contributed by atoms with van der Waals surface area (Å²) in [6.07, 6.45) is 32.8. The molecule has 1 unspecified atom stereocenters. The Morgan fingerprint density at radius 1 is 0.673 bits per heavy atom. The van der Waals surface area contributed by atoms with Crippen molar-refractivity contribution < 1.29 is 24.1 Å².